The summed E-state index contributed by atoms with van der Waals surface area (Å²) in [6, 6.07) is 9.06. The van der Waals surface area contributed by atoms with Crippen LogP contribution >= 0.6 is 11.6 Å². The van der Waals surface area contributed by atoms with Crippen molar-refractivity contribution >= 4 is 34.9 Å². The van der Waals surface area contributed by atoms with Gasteiger partial charge in [0.1, 0.15) is 5.82 Å². The number of amides is 2. The van der Waals surface area contributed by atoms with E-state index in [0.29, 0.717) is 22.6 Å². The SMILES string of the molecule is CN(CC(=O)Nc1ccc(Cl)cc1)CC(=O)Nc1ccnn1C1CCCC1. The van der Waals surface area contributed by atoms with Gasteiger partial charge in [-0.2, -0.15) is 5.10 Å². The second kappa shape index (κ2) is 9.01. The van der Waals surface area contributed by atoms with Gasteiger partial charge in [-0.3, -0.25) is 14.5 Å². The lowest BCUT2D eigenvalue weighted by molar-refractivity contribution is -0.119. The Morgan fingerprint density at radius 3 is 2.41 bits per heavy atom. The van der Waals surface area contributed by atoms with Crippen LogP contribution in [-0.4, -0.2) is 46.6 Å². The Morgan fingerprint density at radius 2 is 1.74 bits per heavy atom. The lowest BCUT2D eigenvalue weighted by Crippen LogP contribution is -2.36. The maximum absolute atomic E-state index is 12.3. The Balaban J connectivity index is 1.47. The highest BCUT2D eigenvalue weighted by molar-refractivity contribution is 6.30. The van der Waals surface area contributed by atoms with Crippen LogP contribution < -0.4 is 10.6 Å². The summed E-state index contributed by atoms with van der Waals surface area (Å²) in [5, 5.41) is 10.6. The first-order chi connectivity index (χ1) is 13.0. The fraction of sp³-hybridized carbons (Fsp3) is 0.421. The molecule has 0 aliphatic heterocycles. The molecule has 7 nitrogen and oxygen atoms in total. The summed E-state index contributed by atoms with van der Waals surface area (Å²) in [7, 11) is 1.73. The van der Waals surface area contributed by atoms with Crippen molar-refractivity contribution in [2.75, 3.05) is 30.8 Å². The number of likely N-dealkylation sites (N-methyl/N-ethyl adjacent to an activating group) is 1. The first-order valence-corrected chi connectivity index (χ1v) is 9.46. The summed E-state index contributed by atoms with van der Waals surface area (Å²) in [4.78, 5) is 26.1. The zero-order valence-corrected chi connectivity index (χ0v) is 16.1. The maximum atomic E-state index is 12.3. The number of nitrogens with one attached hydrogen (secondary N) is 2. The average molecular weight is 390 g/mol. The van der Waals surface area contributed by atoms with Gasteiger partial charge in [-0.05, 0) is 44.2 Å². The van der Waals surface area contributed by atoms with Crippen LogP contribution in [0.4, 0.5) is 11.5 Å². The van der Waals surface area contributed by atoms with Gasteiger partial charge >= 0.3 is 0 Å². The zero-order chi connectivity index (χ0) is 19.2. The summed E-state index contributed by atoms with van der Waals surface area (Å²) >= 11 is 5.83. The number of anilines is 2. The van der Waals surface area contributed by atoms with Crippen LogP contribution in [0.25, 0.3) is 0 Å². The van der Waals surface area contributed by atoms with Crippen LogP contribution in [0.2, 0.25) is 5.02 Å². The molecule has 8 heteroatoms. The van der Waals surface area contributed by atoms with Crippen molar-refractivity contribution in [3.63, 3.8) is 0 Å². The summed E-state index contributed by atoms with van der Waals surface area (Å²) in [6.07, 6.45) is 6.29. The normalized spacial score (nSPS) is 14.5. The van der Waals surface area contributed by atoms with E-state index in [0.717, 1.165) is 12.8 Å². The van der Waals surface area contributed by atoms with Crippen molar-refractivity contribution < 1.29 is 9.59 Å². The van der Waals surface area contributed by atoms with E-state index in [2.05, 4.69) is 15.7 Å². The van der Waals surface area contributed by atoms with Crippen molar-refractivity contribution in [1.29, 1.82) is 0 Å². The Kier molecular flexibility index (Phi) is 6.47. The number of rotatable bonds is 7. The van der Waals surface area contributed by atoms with Crippen molar-refractivity contribution in [2.45, 2.75) is 31.7 Å². The van der Waals surface area contributed by atoms with E-state index in [9.17, 15) is 9.59 Å². The molecule has 27 heavy (non-hydrogen) atoms. The number of halogens is 1. The molecule has 1 fully saturated rings. The highest BCUT2D eigenvalue weighted by Crippen LogP contribution is 2.31. The molecular weight excluding hydrogens is 366 g/mol. The van der Waals surface area contributed by atoms with E-state index in [1.54, 1.807) is 42.4 Å². The van der Waals surface area contributed by atoms with E-state index < -0.39 is 0 Å². The number of hydrogen-bond acceptors (Lipinski definition) is 4. The summed E-state index contributed by atoms with van der Waals surface area (Å²) in [6.45, 7) is 0.224. The van der Waals surface area contributed by atoms with E-state index in [4.69, 9.17) is 11.6 Å². The first-order valence-electron chi connectivity index (χ1n) is 9.08. The lowest BCUT2D eigenvalue weighted by atomic mass is 10.2. The van der Waals surface area contributed by atoms with E-state index >= 15 is 0 Å². The van der Waals surface area contributed by atoms with Gasteiger partial charge in [0.25, 0.3) is 0 Å². The second-order valence-electron chi connectivity index (χ2n) is 6.87. The van der Waals surface area contributed by atoms with Gasteiger partial charge in [0.2, 0.25) is 11.8 Å². The Morgan fingerprint density at radius 1 is 1.11 bits per heavy atom. The second-order valence-corrected chi connectivity index (χ2v) is 7.31. The number of hydrogen-bond donors (Lipinski definition) is 2. The molecule has 1 aliphatic carbocycles. The molecule has 0 radical (unpaired) electrons. The Hall–Kier alpha value is -2.38. The minimum atomic E-state index is -0.191. The zero-order valence-electron chi connectivity index (χ0n) is 15.3. The van der Waals surface area contributed by atoms with Gasteiger partial charge in [0.05, 0.1) is 25.3 Å². The topological polar surface area (TPSA) is 79.3 Å². The average Bonchev–Trinajstić information content (AvgIpc) is 3.27. The van der Waals surface area contributed by atoms with Crippen LogP contribution in [0.5, 0.6) is 0 Å². The van der Waals surface area contributed by atoms with Crippen LogP contribution in [0.3, 0.4) is 0 Å². The standard InChI is InChI=1S/C19H24ClN5O2/c1-24(12-18(26)22-15-8-6-14(20)7-9-15)13-19(27)23-17-10-11-21-25(17)16-4-2-3-5-16/h6-11,16H,2-5,12-13H2,1H3,(H,22,26)(H,23,27). The lowest BCUT2D eigenvalue weighted by Gasteiger charge is -2.18. The minimum absolute atomic E-state index is 0.109. The third-order valence-corrected chi connectivity index (χ3v) is 4.82. The predicted molar refractivity (Wildman–Crippen MR) is 106 cm³/mol. The van der Waals surface area contributed by atoms with Gasteiger partial charge in [0, 0.05) is 16.8 Å². The smallest absolute Gasteiger partial charge is 0.239 e. The van der Waals surface area contributed by atoms with Gasteiger partial charge in [-0.25, -0.2) is 4.68 Å². The molecule has 1 heterocycles. The van der Waals surface area contributed by atoms with Gasteiger partial charge in [0.15, 0.2) is 0 Å². The van der Waals surface area contributed by atoms with E-state index in [1.807, 2.05) is 10.7 Å². The number of nitrogens with zero attached hydrogens (tertiary/aromatic N) is 3. The molecule has 144 valence electrons. The molecule has 0 bridgehead atoms. The molecule has 3 rings (SSSR count). The van der Waals surface area contributed by atoms with Crippen LogP contribution in [0.1, 0.15) is 31.7 Å². The molecule has 0 atom stereocenters. The summed E-state index contributed by atoms with van der Waals surface area (Å²) < 4.78 is 1.90. The fourth-order valence-electron chi connectivity index (χ4n) is 3.32. The maximum Gasteiger partial charge on any atom is 0.239 e. The summed E-state index contributed by atoms with van der Waals surface area (Å²) in [5.74, 6) is 0.353. The van der Waals surface area contributed by atoms with Crippen LogP contribution in [0.15, 0.2) is 36.5 Å². The van der Waals surface area contributed by atoms with Crippen LogP contribution in [-0.2, 0) is 9.59 Å². The Labute approximate surface area is 163 Å². The molecular formula is C19H24ClN5O2. The quantitative estimate of drug-likeness (QED) is 0.762. The van der Waals surface area contributed by atoms with Crippen molar-refractivity contribution in [1.82, 2.24) is 14.7 Å². The van der Waals surface area contributed by atoms with Gasteiger partial charge < -0.3 is 10.6 Å². The molecule has 0 saturated heterocycles. The van der Waals surface area contributed by atoms with Crippen molar-refractivity contribution in [3.05, 3.63) is 41.6 Å². The molecule has 1 aliphatic rings. The molecule has 0 spiro atoms. The first kappa shape index (κ1) is 19.4. The molecule has 2 N–H and O–H groups in total. The monoisotopic (exact) mass is 389 g/mol. The molecule has 1 aromatic carbocycles. The van der Waals surface area contributed by atoms with E-state index in [-0.39, 0.29) is 24.9 Å². The van der Waals surface area contributed by atoms with Crippen LogP contribution in [0, 0.1) is 0 Å². The number of carbonyl (C=O) groups is 2. The number of aromatic nitrogens is 2. The number of carbonyl (C=O) groups excluding carboxylic acids is 2. The predicted octanol–water partition coefficient (Wildman–Crippen LogP) is 3.16. The van der Waals surface area contributed by atoms with Crippen molar-refractivity contribution in [3.8, 4) is 0 Å². The highest BCUT2D eigenvalue weighted by Gasteiger charge is 2.21. The third kappa shape index (κ3) is 5.55. The minimum Gasteiger partial charge on any atom is -0.325 e. The van der Waals surface area contributed by atoms with E-state index in [1.165, 1.54) is 12.8 Å². The highest BCUT2D eigenvalue weighted by atomic mass is 35.5. The number of benzene rings is 1. The molecule has 0 unspecified atom stereocenters. The van der Waals surface area contributed by atoms with Gasteiger partial charge in [-0.1, -0.05) is 24.4 Å². The summed E-state index contributed by atoms with van der Waals surface area (Å²) in [5.41, 5.74) is 0.669. The van der Waals surface area contributed by atoms with Gasteiger partial charge in [-0.15, -0.1) is 0 Å². The largest absolute Gasteiger partial charge is 0.325 e. The molecule has 1 aromatic heterocycles. The van der Waals surface area contributed by atoms with Crippen molar-refractivity contribution in [2.24, 2.45) is 0 Å². The third-order valence-electron chi connectivity index (χ3n) is 4.56. The molecule has 2 amide bonds. The molecule has 2 aromatic rings. The molecule has 1 saturated carbocycles. The fourth-order valence-corrected chi connectivity index (χ4v) is 3.44. The Bertz CT molecular complexity index is 784.